The summed E-state index contributed by atoms with van der Waals surface area (Å²) >= 11 is 12.2. The summed E-state index contributed by atoms with van der Waals surface area (Å²) in [5, 5.41) is 0.771. The number of benzene rings is 1. The van der Waals surface area contributed by atoms with Crippen LogP contribution in [0.2, 0.25) is 5.02 Å². The van der Waals surface area contributed by atoms with Crippen LogP contribution in [0.1, 0.15) is 46.1 Å². The van der Waals surface area contributed by atoms with Crippen molar-refractivity contribution >= 4 is 28.9 Å². The van der Waals surface area contributed by atoms with Gasteiger partial charge in [0.2, 0.25) is 0 Å². The zero-order valence-corrected chi connectivity index (χ0v) is 13.9. The van der Waals surface area contributed by atoms with Gasteiger partial charge in [-0.1, -0.05) is 45.4 Å². The van der Waals surface area contributed by atoms with E-state index in [1.165, 1.54) is 5.69 Å². The van der Waals surface area contributed by atoms with Crippen LogP contribution < -0.4 is 4.90 Å². The molecule has 0 fully saturated rings. The predicted molar refractivity (Wildman–Crippen MR) is 87.6 cm³/mol. The van der Waals surface area contributed by atoms with Crippen LogP contribution in [0.4, 0.5) is 5.69 Å². The van der Waals surface area contributed by atoms with Crippen molar-refractivity contribution in [1.29, 1.82) is 0 Å². The average molecular weight is 302 g/mol. The molecule has 0 atom stereocenters. The second kappa shape index (κ2) is 8.01. The van der Waals surface area contributed by atoms with Crippen molar-refractivity contribution in [2.75, 3.05) is 11.4 Å². The van der Waals surface area contributed by atoms with Crippen LogP contribution in [0.5, 0.6) is 0 Å². The molecule has 0 radical (unpaired) electrons. The van der Waals surface area contributed by atoms with Gasteiger partial charge in [0.1, 0.15) is 0 Å². The molecule has 1 aromatic carbocycles. The lowest BCUT2D eigenvalue weighted by Gasteiger charge is -2.34. The van der Waals surface area contributed by atoms with E-state index >= 15 is 0 Å². The van der Waals surface area contributed by atoms with Crippen LogP contribution in [0.25, 0.3) is 0 Å². The maximum atomic E-state index is 6.29. The number of rotatable bonds is 7. The fraction of sp³-hybridized carbons (Fsp3) is 0.625. The molecule has 0 aliphatic rings. The molecule has 108 valence electrons. The topological polar surface area (TPSA) is 3.24 Å². The highest BCUT2D eigenvalue weighted by Crippen LogP contribution is 2.28. The zero-order chi connectivity index (χ0) is 14.4. The number of alkyl halides is 1. The zero-order valence-electron chi connectivity index (χ0n) is 12.4. The maximum Gasteiger partial charge on any atom is 0.0488 e. The molecular formula is C16H25Cl2N. The minimum Gasteiger partial charge on any atom is -0.368 e. The van der Waals surface area contributed by atoms with Gasteiger partial charge in [0.15, 0.2) is 0 Å². The highest BCUT2D eigenvalue weighted by molar-refractivity contribution is 6.32. The summed E-state index contributed by atoms with van der Waals surface area (Å²) < 4.78 is 0. The molecular weight excluding hydrogens is 277 g/mol. The molecule has 3 heteroatoms. The van der Waals surface area contributed by atoms with Gasteiger partial charge in [-0.3, -0.25) is 0 Å². The van der Waals surface area contributed by atoms with E-state index in [4.69, 9.17) is 23.2 Å². The summed E-state index contributed by atoms with van der Waals surface area (Å²) in [5.74, 6) is 1.10. The van der Waals surface area contributed by atoms with Crippen molar-refractivity contribution in [2.24, 2.45) is 5.92 Å². The highest BCUT2D eigenvalue weighted by Gasteiger charge is 2.17. The number of hydrogen-bond donors (Lipinski definition) is 0. The van der Waals surface area contributed by atoms with E-state index in [1.54, 1.807) is 0 Å². The molecule has 1 rings (SSSR count). The van der Waals surface area contributed by atoms with Gasteiger partial charge in [-0.15, -0.1) is 11.6 Å². The average Bonchev–Trinajstić information content (AvgIpc) is 2.38. The number of nitrogens with zero attached hydrogens (tertiary/aromatic N) is 1. The Bertz CT molecular complexity index is 386. The molecule has 0 N–H and O–H groups in total. The van der Waals surface area contributed by atoms with Crippen molar-refractivity contribution in [2.45, 2.75) is 52.5 Å². The fourth-order valence-corrected chi connectivity index (χ4v) is 2.95. The van der Waals surface area contributed by atoms with Crippen molar-refractivity contribution in [3.05, 3.63) is 28.8 Å². The molecule has 0 heterocycles. The molecule has 0 spiro atoms. The van der Waals surface area contributed by atoms with Crippen LogP contribution in [-0.2, 0) is 5.88 Å². The Morgan fingerprint density at radius 3 is 2.21 bits per heavy atom. The lowest BCUT2D eigenvalue weighted by Crippen LogP contribution is -2.37. The van der Waals surface area contributed by atoms with Gasteiger partial charge in [-0.2, -0.15) is 0 Å². The van der Waals surface area contributed by atoms with E-state index in [2.05, 4.69) is 44.7 Å². The van der Waals surface area contributed by atoms with Crippen LogP contribution >= 0.6 is 23.2 Å². The van der Waals surface area contributed by atoms with Gasteiger partial charge in [0, 0.05) is 29.2 Å². The predicted octanol–water partition coefficient (Wildman–Crippen LogP) is 5.73. The van der Waals surface area contributed by atoms with Gasteiger partial charge in [0.05, 0.1) is 0 Å². The molecule has 1 nitrogen and oxygen atoms in total. The monoisotopic (exact) mass is 301 g/mol. The molecule has 0 aliphatic heterocycles. The third-order valence-electron chi connectivity index (χ3n) is 3.46. The molecule has 0 unspecified atom stereocenters. The van der Waals surface area contributed by atoms with Gasteiger partial charge in [-0.05, 0) is 36.5 Å². The normalized spacial score (nSPS) is 11.4. The van der Waals surface area contributed by atoms with Gasteiger partial charge >= 0.3 is 0 Å². The van der Waals surface area contributed by atoms with E-state index in [0.717, 1.165) is 30.0 Å². The third kappa shape index (κ3) is 4.57. The summed E-state index contributed by atoms with van der Waals surface area (Å²) in [6.07, 6.45) is 2.30. The SMILES string of the molecule is CCC(CC)N(CC(C)C)c1ccc(CCl)c(Cl)c1. The summed E-state index contributed by atoms with van der Waals surface area (Å²) in [7, 11) is 0. The summed E-state index contributed by atoms with van der Waals surface area (Å²) in [4.78, 5) is 2.48. The molecule has 1 aromatic rings. The minimum atomic E-state index is 0.467. The first-order valence-electron chi connectivity index (χ1n) is 7.14. The molecule has 0 saturated heterocycles. The van der Waals surface area contributed by atoms with E-state index in [-0.39, 0.29) is 0 Å². The van der Waals surface area contributed by atoms with Crippen molar-refractivity contribution in [3.8, 4) is 0 Å². The Kier molecular flexibility index (Phi) is 7.02. The quantitative estimate of drug-likeness (QED) is 0.581. The Morgan fingerprint density at radius 1 is 1.16 bits per heavy atom. The Morgan fingerprint density at radius 2 is 1.79 bits per heavy atom. The molecule has 19 heavy (non-hydrogen) atoms. The second-order valence-electron chi connectivity index (χ2n) is 5.43. The van der Waals surface area contributed by atoms with Crippen LogP contribution in [-0.4, -0.2) is 12.6 Å². The van der Waals surface area contributed by atoms with E-state index in [9.17, 15) is 0 Å². The first-order chi connectivity index (χ1) is 9.03. The second-order valence-corrected chi connectivity index (χ2v) is 6.10. The van der Waals surface area contributed by atoms with Crippen molar-refractivity contribution in [1.82, 2.24) is 0 Å². The number of halogens is 2. The highest BCUT2D eigenvalue weighted by atomic mass is 35.5. The van der Waals surface area contributed by atoms with E-state index < -0.39 is 0 Å². The Labute approximate surface area is 127 Å². The lowest BCUT2D eigenvalue weighted by atomic mass is 10.1. The summed E-state index contributed by atoms with van der Waals surface area (Å²) in [6.45, 7) is 10.1. The molecule has 0 bridgehead atoms. The van der Waals surface area contributed by atoms with Gasteiger partial charge in [-0.25, -0.2) is 0 Å². The van der Waals surface area contributed by atoms with E-state index in [1.807, 2.05) is 6.07 Å². The fourth-order valence-electron chi connectivity index (χ4n) is 2.41. The summed E-state index contributed by atoms with van der Waals surface area (Å²) in [6, 6.07) is 6.81. The van der Waals surface area contributed by atoms with Gasteiger partial charge < -0.3 is 4.90 Å². The molecule has 0 aliphatic carbocycles. The third-order valence-corrected chi connectivity index (χ3v) is 4.10. The lowest BCUT2D eigenvalue weighted by molar-refractivity contribution is 0.507. The Balaban J connectivity index is 3.05. The molecule has 0 amide bonds. The molecule has 0 saturated carbocycles. The van der Waals surface area contributed by atoms with Crippen LogP contribution in [0.15, 0.2) is 18.2 Å². The molecule has 0 aromatic heterocycles. The number of anilines is 1. The largest absolute Gasteiger partial charge is 0.368 e. The first-order valence-corrected chi connectivity index (χ1v) is 8.05. The van der Waals surface area contributed by atoms with E-state index in [0.29, 0.717) is 17.8 Å². The van der Waals surface area contributed by atoms with Crippen molar-refractivity contribution in [3.63, 3.8) is 0 Å². The Hall–Kier alpha value is -0.400. The summed E-state index contributed by atoms with van der Waals surface area (Å²) in [5.41, 5.74) is 2.21. The van der Waals surface area contributed by atoms with Crippen LogP contribution in [0.3, 0.4) is 0 Å². The smallest absolute Gasteiger partial charge is 0.0488 e. The van der Waals surface area contributed by atoms with Crippen LogP contribution in [0, 0.1) is 5.92 Å². The minimum absolute atomic E-state index is 0.467. The first kappa shape index (κ1) is 16.7. The van der Waals surface area contributed by atoms with Crippen molar-refractivity contribution < 1.29 is 0 Å². The standard InChI is InChI=1S/C16H25Cl2N/c1-5-14(6-2)19(11-12(3)4)15-8-7-13(10-17)16(18)9-15/h7-9,12,14H,5-6,10-11H2,1-4H3. The maximum absolute atomic E-state index is 6.29. The van der Waals surface area contributed by atoms with Gasteiger partial charge in [0.25, 0.3) is 0 Å². The number of hydrogen-bond acceptors (Lipinski definition) is 1.